The zero-order valence-corrected chi connectivity index (χ0v) is 11.0. The summed E-state index contributed by atoms with van der Waals surface area (Å²) in [5.74, 6) is -3.54. The Labute approximate surface area is 115 Å². The Morgan fingerprint density at radius 2 is 2.05 bits per heavy atom. The minimum absolute atomic E-state index is 0.249. The van der Waals surface area contributed by atoms with Gasteiger partial charge >= 0.3 is 12.0 Å². The molecule has 1 unspecified atom stereocenters. The lowest BCUT2D eigenvalue weighted by Crippen LogP contribution is -2.30. The summed E-state index contributed by atoms with van der Waals surface area (Å²) < 4.78 is 26.2. The summed E-state index contributed by atoms with van der Waals surface area (Å²) >= 11 is 0. The lowest BCUT2D eigenvalue weighted by molar-refractivity contribution is -0.141. The number of carboxylic acids is 1. The summed E-state index contributed by atoms with van der Waals surface area (Å²) in [7, 11) is 0. The highest BCUT2D eigenvalue weighted by atomic mass is 19.2. The molecule has 20 heavy (non-hydrogen) atoms. The van der Waals surface area contributed by atoms with Crippen molar-refractivity contribution in [1.82, 2.24) is 5.32 Å². The van der Waals surface area contributed by atoms with Gasteiger partial charge in [0.2, 0.25) is 0 Å². The number of hydrogen-bond donors (Lipinski definition) is 3. The second-order valence-corrected chi connectivity index (χ2v) is 4.36. The molecule has 1 aromatic carbocycles. The van der Waals surface area contributed by atoms with Crippen molar-refractivity contribution in [1.29, 1.82) is 0 Å². The number of carboxylic acid groups (broad SMARTS) is 1. The van der Waals surface area contributed by atoms with Crippen LogP contribution in [0, 0.1) is 17.6 Å². The predicted molar refractivity (Wildman–Crippen MR) is 69.4 cm³/mol. The maximum atomic E-state index is 13.3. The second-order valence-electron chi connectivity index (χ2n) is 4.36. The third kappa shape index (κ3) is 4.83. The molecule has 0 fully saturated rings. The molecule has 7 heteroatoms. The quantitative estimate of drug-likeness (QED) is 0.703. The molecule has 0 aliphatic heterocycles. The van der Waals surface area contributed by atoms with Crippen LogP contribution in [0.4, 0.5) is 19.3 Å². The number of anilines is 1. The van der Waals surface area contributed by atoms with Crippen molar-refractivity contribution in [3.63, 3.8) is 0 Å². The van der Waals surface area contributed by atoms with E-state index in [0.717, 1.165) is 6.07 Å². The lowest BCUT2D eigenvalue weighted by atomic mass is 10.1. The van der Waals surface area contributed by atoms with Crippen molar-refractivity contribution in [2.75, 3.05) is 11.9 Å². The number of hydrogen-bond acceptors (Lipinski definition) is 2. The largest absolute Gasteiger partial charge is 0.481 e. The molecule has 0 bridgehead atoms. The number of halogens is 2. The van der Waals surface area contributed by atoms with Crippen LogP contribution < -0.4 is 10.6 Å². The molecule has 0 spiro atoms. The predicted octanol–water partition coefficient (Wildman–Crippen LogP) is 2.59. The Morgan fingerprint density at radius 3 is 2.70 bits per heavy atom. The Morgan fingerprint density at radius 1 is 1.35 bits per heavy atom. The van der Waals surface area contributed by atoms with Gasteiger partial charge in [0.25, 0.3) is 0 Å². The molecule has 0 aromatic heterocycles. The molecule has 0 radical (unpaired) electrons. The molecule has 1 rings (SSSR count). The zero-order chi connectivity index (χ0) is 15.1. The Balaban J connectivity index is 2.34. The molecule has 1 atom stereocenters. The molecule has 0 saturated heterocycles. The Bertz CT molecular complexity index is 495. The fourth-order valence-corrected chi connectivity index (χ4v) is 1.50. The third-order valence-corrected chi connectivity index (χ3v) is 2.72. The number of rotatable bonds is 6. The van der Waals surface area contributed by atoms with Gasteiger partial charge in [-0.2, -0.15) is 0 Å². The molecule has 110 valence electrons. The van der Waals surface area contributed by atoms with Crippen LogP contribution in [0.3, 0.4) is 0 Å². The van der Waals surface area contributed by atoms with Crippen LogP contribution in [0.1, 0.15) is 19.8 Å². The summed E-state index contributed by atoms with van der Waals surface area (Å²) in [4.78, 5) is 22.0. The van der Waals surface area contributed by atoms with Gasteiger partial charge in [0, 0.05) is 6.54 Å². The molecule has 0 heterocycles. The van der Waals surface area contributed by atoms with Crippen molar-refractivity contribution >= 4 is 17.7 Å². The molecule has 0 aliphatic carbocycles. The maximum Gasteiger partial charge on any atom is 0.319 e. The van der Waals surface area contributed by atoms with E-state index in [-0.39, 0.29) is 12.2 Å². The lowest BCUT2D eigenvalue weighted by Gasteiger charge is -2.09. The van der Waals surface area contributed by atoms with Gasteiger partial charge in [0.1, 0.15) is 0 Å². The van der Waals surface area contributed by atoms with Gasteiger partial charge in [-0.05, 0) is 25.0 Å². The first-order valence-electron chi connectivity index (χ1n) is 6.13. The molecule has 1 aromatic rings. The van der Waals surface area contributed by atoms with Crippen molar-refractivity contribution < 1.29 is 23.5 Å². The van der Waals surface area contributed by atoms with Crippen molar-refractivity contribution in [2.45, 2.75) is 19.8 Å². The summed E-state index contributed by atoms with van der Waals surface area (Å²) in [6.07, 6.45) is 0.899. The maximum absolute atomic E-state index is 13.3. The highest BCUT2D eigenvalue weighted by Gasteiger charge is 2.12. The number of nitrogens with one attached hydrogen (secondary N) is 2. The summed E-state index contributed by atoms with van der Waals surface area (Å²) in [5.41, 5.74) is -0.249. The number of aliphatic carboxylic acids is 1. The van der Waals surface area contributed by atoms with Crippen LogP contribution >= 0.6 is 0 Å². The first-order valence-corrected chi connectivity index (χ1v) is 6.13. The molecule has 3 N–H and O–H groups in total. The molecular formula is C13H16F2N2O3. The Hall–Kier alpha value is -2.18. The highest BCUT2D eigenvalue weighted by molar-refractivity contribution is 5.89. The van der Waals surface area contributed by atoms with Crippen LogP contribution in [0.25, 0.3) is 0 Å². The summed E-state index contributed by atoms with van der Waals surface area (Å²) in [6, 6.07) is 2.80. The van der Waals surface area contributed by atoms with Crippen molar-refractivity contribution in [2.24, 2.45) is 5.92 Å². The summed E-state index contributed by atoms with van der Waals surface area (Å²) in [6.45, 7) is 1.82. The molecule has 0 aliphatic rings. The average molecular weight is 286 g/mol. The van der Waals surface area contributed by atoms with E-state index in [1.54, 1.807) is 6.92 Å². The van der Waals surface area contributed by atoms with Crippen LogP contribution in [0.15, 0.2) is 18.2 Å². The number of carbonyl (C=O) groups excluding carboxylic acids is 1. The number of benzene rings is 1. The van der Waals surface area contributed by atoms with E-state index in [1.807, 2.05) is 0 Å². The van der Waals surface area contributed by atoms with Crippen LogP contribution in [0.5, 0.6) is 0 Å². The van der Waals surface area contributed by atoms with Crippen LogP contribution in [0.2, 0.25) is 0 Å². The van der Waals surface area contributed by atoms with Crippen molar-refractivity contribution in [3.05, 3.63) is 29.8 Å². The van der Waals surface area contributed by atoms with E-state index in [9.17, 15) is 18.4 Å². The van der Waals surface area contributed by atoms with Gasteiger partial charge in [-0.3, -0.25) is 4.79 Å². The fraction of sp³-hybridized carbons (Fsp3) is 0.385. The van der Waals surface area contributed by atoms with Gasteiger partial charge in [-0.15, -0.1) is 0 Å². The monoisotopic (exact) mass is 286 g/mol. The second kappa shape index (κ2) is 7.42. The zero-order valence-electron chi connectivity index (χ0n) is 11.0. The van der Waals surface area contributed by atoms with Gasteiger partial charge in [0.05, 0.1) is 11.6 Å². The third-order valence-electron chi connectivity index (χ3n) is 2.72. The van der Waals surface area contributed by atoms with E-state index in [4.69, 9.17) is 5.11 Å². The minimum Gasteiger partial charge on any atom is -0.481 e. The Kier molecular flexibility index (Phi) is 5.89. The van der Waals surface area contributed by atoms with E-state index < -0.39 is 29.6 Å². The van der Waals surface area contributed by atoms with E-state index >= 15 is 0 Å². The van der Waals surface area contributed by atoms with Gasteiger partial charge in [0.15, 0.2) is 11.6 Å². The molecule has 2 amide bonds. The van der Waals surface area contributed by atoms with E-state index in [2.05, 4.69) is 10.6 Å². The van der Waals surface area contributed by atoms with Gasteiger partial charge in [-0.25, -0.2) is 13.6 Å². The first kappa shape index (κ1) is 15.9. The molecule has 0 saturated carbocycles. The SMILES string of the molecule is CC(CCCNC(=O)Nc1cccc(F)c1F)C(=O)O. The van der Waals surface area contributed by atoms with Crippen LogP contribution in [-0.2, 0) is 4.79 Å². The average Bonchev–Trinajstić information content (AvgIpc) is 2.39. The first-order chi connectivity index (χ1) is 9.41. The molecule has 5 nitrogen and oxygen atoms in total. The van der Waals surface area contributed by atoms with Crippen LogP contribution in [-0.4, -0.2) is 23.7 Å². The van der Waals surface area contributed by atoms with Crippen molar-refractivity contribution in [3.8, 4) is 0 Å². The number of carbonyl (C=O) groups is 2. The summed E-state index contributed by atoms with van der Waals surface area (Å²) in [5, 5.41) is 13.3. The smallest absolute Gasteiger partial charge is 0.319 e. The van der Waals surface area contributed by atoms with E-state index in [1.165, 1.54) is 12.1 Å². The number of urea groups is 1. The highest BCUT2D eigenvalue weighted by Crippen LogP contribution is 2.16. The normalized spacial score (nSPS) is 11.8. The number of amides is 2. The molecular weight excluding hydrogens is 270 g/mol. The fourth-order valence-electron chi connectivity index (χ4n) is 1.50. The standard InChI is InChI=1S/C13H16F2N2O3/c1-8(12(18)19)4-3-7-16-13(20)17-10-6-2-5-9(14)11(10)15/h2,5-6,8H,3-4,7H2,1H3,(H,18,19)(H2,16,17,20). The topological polar surface area (TPSA) is 78.4 Å². The van der Waals surface area contributed by atoms with Gasteiger partial charge in [-0.1, -0.05) is 13.0 Å². The van der Waals surface area contributed by atoms with Gasteiger partial charge < -0.3 is 15.7 Å². The minimum atomic E-state index is -1.12. The van der Waals surface area contributed by atoms with E-state index in [0.29, 0.717) is 12.8 Å².